The first-order valence-electron chi connectivity index (χ1n) is 9.18. The highest BCUT2D eigenvalue weighted by atomic mass is 16.5. The number of para-hydroxylation sites is 1. The van der Waals surface area contributed by atoms with E-state index in [0.717, 1.165) is 13.0 Å². The van der Waals surface area contributed by atoms with Crippen LogP contribution >= 0.6 is 0 Å². The van der Waals surface area contributed by atoms with Crippen LogP contribution in [0.5, 0.6) is 0 Å². The van der Waals surface area contributed by atoms with Crippen molar-refractivity contribution in [2.24, 2.45) is 0 Å². The second kappa shape index (κ2) is 8.58. The third kappa shape index (κ3) is 4.39. The zero-order valence-electron chi connectivity index (χ0n) is 15.7. The predicted octanol–water partition coefficient (Wildman–Crippen LogP) is 3.61. The number of esters is 1. The summed E-state index contributed by atoms with van der Waals surface area (Å²) in [5, 5.41) is 2.86. The maximum atomic E-state index is 12.5. The first kappa shape index (κ1) is 18.8. The second-order valence-corrected chi connectivity index (χ2v) is 6.59. The van der Waals surface area contributed by atoms with Crippen molar-refractivity contribution in [3.05, 3.63) is 60.2 Å². The average molecular weight is 367 g/mol. The van der Waals surface area contributed by atoms with Gasteiger partial charge < -0.3 is 19.9 Å². The summed E-state index contributed by atoms with van der Waals surface area (Å²) in [5.41, 5.74) is 2.19. The number of ether oxygens (including phenoxy) is 1. The van der Waals surface area contributed by atoms with Crippen LogP contribution in [0.15, 0.2) is 54.6 Å². The number of hydrogen-bond acceptors (Lipinski definition) is 4. The molecular weight excluding hydrogens is 342 g/mol. The summed E-state index contributed by atoms with van der Waals surface area (Å²) in [6, 6.07) is 17.2. The molecule has 1 aliphatic rings. The van der Waals surface area contributed by atoms with Gasteiger partial charge in [-0.15, -0.1) is 0 Å². The number of nitrogens with zero attached hydrogens (tertiary/aromatic N) is 2. The van der Waals surface area contributed by atoms with Crippen molar-refractivity contribution in [1.29, 1.82) is 0 Å². The molecule has 0 atom stereocenters. The quantitative estimate of drug-likeness (QED) is 0.793. The van der Waals surface area contributed by atoms with E-state index >= 15 is 0 Å². The molecule has 27 heavy (non-hydrogen) atoms. The fraction of sp³-hybridized carbons (Fsp3) is 0.333. The lowest BCUT2D eigenvalue weighted by Crippen LogP contribution is -2.62. The van der Waals surface area contributed by atoms with E-state index < -0.39 is 5.97 Å². The van der Waals surface area contributed by atoms with Crippen LogP contribution in [-0.2, 0) is 4.74 Å². The summed E-state index contributed by atoms with van der Waals surface area (Å²) in [6.45, 7) is 4.48. The predicted molar refractivity (Wildman–Crippen MR) is 106 cm³/mol. The Kier molecular flexibility index (Phi) is 5.96. The van der Waals surface area contributed by atoms with Gasteiger partial charge in [0, 0.05) is 31.0 Å². The lowest BCUT2D eigenvalue weighted by molar-refractivity contribution is 0.0600. The number of nitrogens with one attached hydrogen (secondary N) is 1. The molecule has 0 bridgehead atoms. The number of urea groups is 1. The number of methoxy groups -OCH3 is 1. The van der Waals surface area contributed by atoms with Crippen LogP contribution < -0.4 is 10.2 Å². The monoisotopic (exact) mass is 367 g/mol. The fourth-order valence-corrected chi connectivity index (χ4v) is 3.25. The van der Waals surface area contributed by atoms with E-state index in [1.165, 1.54) is 12.8 Å². The number of carbonyl (C=O) groups is 2. The molecule has 1 heterocycles. The number of amides is 2. The van der Waals surface area contributed by atoms with Gasteiger partial charge in [-0.2, -0.15) is 0 Å². The molecule has 3 rings (SSSR count). The Hall–Kier alpha value is -3.02. The fourth-order valence-electron chi connectivity index (χ4n) is 3.25. The number of likely N-dealkylation sites (tertiary alicyclic amines) is 1. The van der Waals surface area contributed by atoms with E-state index in [1.807, 2.05) is 18.2 Å². The molecule has 0 spiro atoms. The van der Waals surface area contributed by atoms with Crippen LogP contribution in [0.4, 0.5) is 16.2 Å². The molecule has 0 saturated carbocycles. The van der Waals surface area contributed by atoms with Crippen LogP contribution in [0, 0.1) is 0 Å². The van der Waals surface area contributed by atoms with Crippen molar-refractivity contribution in [2.45, 2.75) is 19.4 Å². The molecule has 6 nitrogen and oxygen atoms in total. The maximum Gasteiger partial charge on any atom is 0.337 e. The van der Waals surface area contributed by atoms with E-state index in [-0.39, 0.29) is 6.03 Å². The van der Waals surface area contributed by atoms with E-state index in [1.54, 1.807) is 29.2 Å². The SMILES string of the molecule is CCCN(c1ccccc1)C1CN(C(=O)Nc2cccc(C(=O)OC)c2)C1. The zero-order valence-corrected chi connectivity index (χ0v) is 15.7. The maximum absolute atomic E-state index is 12.5. The summed E-state index contributed by atoms with van der Waals surface area (Å²) in [4.78, 5) is 28.2. The third-order valence-corrected chi connectivity index (χ3v) is 4.68. The highest BCUT2D eigenvalue weighted by Crippen LogP contribution is 2.24. The lowest BCUT2D eigenvalue weighted by Gasteiger charge is -2.46. The Balaban J connectivity index is 1.58. The van der Waals surface area contributed by atoms with Crippen LogP contribution in [0.3, 0.4) is 0 Å². The first-order valence-corrected chi connectivity index (χ1v) is 9.18. The topological polar surface area (TPSA) is 61.9 Å². The highest BCUT2D eigenvalue weighted by molar-refractivity contribution is 5.94. The Bertz CT molecular complexity index is 788. The normalized spacial score (nSPS) is 13.6. The largest absolute Gasteiger partial charge is 0.465 e. The molecule has 0 unspecified atom stereocenters. The number of hydrogen-bond donors (Lipinski definition) is 1. The smallest absolute Gasteiger partial charge is 0.337 e. The highest BCUT2D eigenvalue weighted by Gasteiger charge is 2.34. The molecule has 6 heteroatoms. The zero-order chi connectivity index (χ0) is 19.2. The molecule has 1 fully saturated rings. The van der Waals surface area contributed by atoms with E-state index in [9.17, 15) is 9.59 Å². The van der Waals surface area contributed by atoms with Gasteiger partial charge in [0.1, 0.15) is 0 Å². The Morgan fingerprint density at radius 3 is 2.56 bits per heavy atom. The number of benzene rings is 2. The van der Waals surface area contributed by atoms with Gasteiger partial charge in [0.15, 0.2) is 0 Å². The van der Waals surface area contributed by atoms with Gasteiger partial charge in [-0.3, -0.25) is 0 Å². The van der Waals surface area contributed by atoms with Crippen LogP contribution in [0.25, 0.3) is 0 Å². The van der Waals surface area contributed by atoms with Gasteiger partial charge >= 0.3 is 12.0 Å². The number of rotatable bonds is 6. The Morgan fingerprint density at radius 2 is 1.89 bits per heavy atom. The minimum Gasteiger partial charge on any atom is -0.465 e. The number of anilines is 2. The summed E-state index contributed by atoms with van der Waals surface area (Å²) in [6.07, 6.45) is 1.05. The Labute approximate surface area is 159 Å². The summed E-state index contributed by atoms with van der Waals surface area (Å²) >= 11 is 0. The van der Waals surface area contributed by atoms with Crippen molar-refractivity contribution in [3.8, 4) is 0 Å². The van der Waals surface area contributed by atoms with Crippen molar-refractivity contribution >= 4 is 23.4 Å². The minimum atomic E-state index is -0.423. The minimum absolute atomic E-state index is 0.155. The molecule has 2 amide bonds. The number of carbonyl (C=O) groups excluding carboxylic acids is 2. The van der Waals surface area contributed by atoms with Crippen LogP contribution in [0.1, 0.15) is 23.7 Å². The van der Waals surface area contributed by atoms with Gasteiger partial charge in [-0.25, -0.2) is 9.59 Å². The molecule has 0 aliphatic carbocycles. The lowest BCUT2D eigenvalue weighted by atomic mass is 10.1. The van der Waals surface area contributed by atoms with Gasteiger partial charge in [-0.1, -0.05) is 31.2 Å². The molecule has 1 aliphatic heterocycles. The van der Waals surface area contributed by atoms with Gasteiger partial charge in [0.05, 0.1) is 18.7 Å². The molecule has 1 N–H and O–H groups in total. The Morgan fingerprint density at radius 1 is 1.15 bits per heavy atom. The van der Waals surface area contributed by atoms with Crippen LogP contribution in [0.2, 0.25) is 0 Å². The molecular formula is C21H25N3O3. The van der Waals surface area contributed by atoms with Gasteiger partial charge in [0.2, 0.25) is 0 Å². The summed E-state index contributed by atoms with van der Waals surface area (Å²) in [7, 11) is 1.34. The molecule has 0 aromatic heterocycles. The third-order valence-electron chi connectivity index (χ3n) is 4.68. The van der Waals surface area contributed by atoms with E-state index in [2.05, 4.69) is 29.3 Å². The molecule has 2 aromatic rings. The first-order chi connectivity index (χ1) is 13.1. The van der Waals surface area contributed by atoms with E-state index in [0.29, 0.717) is 30.4 Å². The molecule has 2 aromatic carbocycles. The molecule has 142 valence electrons. The van der Waals surface area contributed by atoms with Crippen molar-refractivity contribution in [3.63, 3.8) is 0 Å². The average Bonchev–Trinajstić information content (AvgIpc) is 2.66. The summed E-state index contributed by atoms with van der Waals surface area (Å²) < 4.78 is 4.71. The van der Waals surface area contributed by atoms with Crippen LogP contribution in [-0.4, -0.2) is 49.7 Å². The van der Waals surface area contributed by atoms with Gasteiger partial charge in [0.25, 0.3) is 0 Å². The summed E-state index contributed by atoms with van der Waals surface area (Å²) in [5.74, 6) is -0.423. The van der Waals surface area contributed by atoms with Crippen molar-refractivity contribution in [1.82, 2.24) is 4.90 Å². The second-order valence-electron chi connectivity index (χ2n) is 6.59. The van der Waals surface area contributed by atoms with Crippen molar-refractivity contribution in [2.75, 3.05) is 37.0 Å². The molecule has 1 saturated heterocycles. The van der Waals surface area contributed by atoms with Gasteiger partial charge in [-0.05, 0) is 36.8 Å². The standard InChI is InChI=1S/C21H25N3O3/c1-3-12-24(18-10-5-4-6-11-18)19-14-23(15-19)21(26)22-17-9-7-8-16(13-17)20(25)27-2/h4-11,13,19H,3,12,14-15H2,1-2H3,(H,22,26). The van der Waals surface area contributed by atoms with E-state index in [4.69, 9.17) is 4.74 Å². The van der Waals surface area contributed by atoms with Crippen molar-refractivity contribution < 1.29 is 14.3 Å². The molecule has 0 radical (unpaired) electrons.